The van der Waals surface area contributed by atoms with Crippen LogP contribution < -0.4 is 5.73 Å². The summed E-state index contributed by atoms with van der Waals surface area (Å²) in [5.41, 5.74) is 8.26. The van der Waals surface area contributed by atoms with Gasteiger partial charge in [0.25, 0.3) is 0 Å². The molecule has 0 aliphatic heterocycles. The van der Waals surface area contributed by atoms with E-state index in [1.54, 1.807) is 0 Å². The van der Waals surface area contributed by atoms with E-state index in [9.17, 15) is 0 Å². The second kappa shape index (κ2) is 4.19. The SMILES string of the molecule is Cc1[c-]n(C(=[N-])N)c(C)c1C.[Y]. The molecule has 63 valence electrons. The van der Waals surface area contributed by atoms with Crippen LogP contribution in [0.15, 0.2) is 0 Å². The van der Waals surface area contributed by atoms with Gasteiger partial charge < -0.3 is 15.7 Å². The van der Waals surface area contributed by atoms with Crippen LogP contribution in [0.2, 0.25) is 0 Å². The summed E-state index contributed by atoms with van der Waals surface area (Å²) in [4.78, 5) is 0. The molecule has 4 heteroatoms. The van der Waals surface area contributed by atoms with Crippen molar-refractivity contribution in [2.45, 2.75) is 20.8 Å². The molecule has 2 N–H and O–H groups in total. The average molecular weight is 238 g/mol. The predicted molar refractivity (Wildman–Crippen MR) is 45.4 cm³/mol. The molecule has 0 unspecified atom stereocenters. The smallest absolute Gasteiger partial charge is 0 e. The fourth-order valence-electron chi connectivity index (χ4n) is 1.00. The fourth-order valence-corrected chi connectivity index (χ4v) is 1.00. The van der Waals surface area contributed by atoms with E-state index < -0.39 is 0 Å². The maximum Gasteiger partial charge on any atom is 0 e. The van der Waals surface area contributed by atoms with Crippen LogP contribution in [-0.4, -0.2) is 10.5 Å². The number of rotatable bonds is 0. The Balaban J connectivity index is 0.00000121. The minimum Gasteiger partial charge on any atom is -0.507 e. The van der Waals surface area contributed by atoms with Gasteiger partial charge in [-0.1, -0.05) is 26.7 Å². The van der Waals surface area contributed by atoms with Crippen molar-refractivity contribution in [1.29, 1.82) is 0 Å². The minimum atomic E-state index is -0.223. The molecular weight excluding hydrogens is 227 g/mol. The molecule has 1 aromatic heterocycles. The summed E-state index contributed by atoms with van der Waals surface area (Å²) in [7, 11) is 0. The third kappa shape index (κ3) is 1.96. The molecule has 1 rings (SSSR count). The number of aryl methyl sites for hydroxylation is 1. The molecule has 0 atom stereocenters. The van der Waals surface area contributed by atoms with Crippen LogP contribution in [0, 0.1) is 27.0 Å². The van der Waals surface area contributed by atoms with Crippen LogP contribution in [0.25, 0.3) is 5.41 Å². The molecule has 0 amide bonds. The van der Waals surface area contributed by atoms with E-state index >= 15 is 0 Å². The molecule has 1 heterocycles. The second-order valence-electron chi connectivity index (χ2n) is 2.64. The Bertz CT molecular complexity index is 301. The molecule has 0 fully saturated rings. The van der Waals surface area contributed by atoms with Gasteiger partial charge >= 0.3 is 0 Å². The van der Waals surface area contributed by atoms with Gasteiger partial charge in [-0.15, -0.1) is 11.8 Å². The van der Waals surface area contributed by atoms with Crippen molar-refractivity contribution < 1.29 is 32.7 Å². The Morgan fingerprint density at radius 3 is 2.08 bits per heavy atom. The zero-order chi connectivity index (χ0) is 8.59. The van der Waals surface area contributed by atoms with Crippen molar-refractivity contribution in [2.75, 3.05) is 0 Å². The van der Waals surface area contributed by atoms with Gasteiger partial charge in [0.2, 0.25) is 0 Å². The van der Waals surface area contributed by atoms with Crippen molar-refractivity contribution in [1.82, 2.24) is 4.57 Å². The molecule has 0 bridgehead atoms. The van der Waals surface area contributed by atoms with Gasteiger partial charge in [-0.3, -0.25) is 0 Å². The number of aromatic nitrogens is 1. The quantitative estimate of drug-likeness (QED) is 0.408. The Hall–Kier alpha value is -0.146. The Kier molecular flexibility index (Phi) is 4.14. The van der Waals surface area contributed by atoms with Crippen molar-refractivity contribution >= 4 is 5.96 Å². The van der Waals surface area contributed by atoms with Crippen LogP contribution in [0.3, 0.4) is 0 Å². The van der Waals surface area contributed by atoms with Crippen molar-refractivity contribution in [3.8, 4) is 0 Å². The van der Waals surface area contributed by atoms with Crippen LogP contribution in [-0.2, 0) is 32.7 Å². The van der Waals surface area contributed by atoms with Gasteiger partial charge in [-0.25, -0.2) is 0 Å². The first-order valence-electron chi connectivity index (χ1n) is 3.43. The van der Waals surface area contributed by atoms with E-state index in [0.29, 0.717) is 0 Å². The third-order valence-corrected chi connectivity index (χ3v) is 1.95. The van der Waals surface area contributed by atoms with Crippen molar-refractivity contribution in [2.24, 2.45) is 5.73 Å². The van der Waals surface area contributed by atoms with E-state index in [1.807, 2.05) is 20.8 Å². The molecule has 0 aliphatic rings. The average Bonchev–Trinajstić information content (AvgIpc) is 2.17. The molecule has 0 saturated carbocycles. The van der Waals surface area contributed by atoms with E-state index in [1.165, 1.54) is 4.57 Å². The molecule has 0 aromatic carbocycles. The maximum absolute atomic E-state index is 8.97. The first-order valence-corrected chi connectivity index (χ1v) is 3.43. The molecule has 0 aliphatic carbocycles. The number of hydrogen-bond acceptors (Lipinski definition) is 0. The summed E-state index contributed by atoms with van der Waals surface area (Å²) in [5.74, 6) is -0.223. The van der Waals surface area contributed by atoms with E-state index in [4.69, 9.17) is 11.1 Å². The van der Waals surface area contributed by atoms with E-state index in [-0.39, 0.29) is 38.7 Å². The molecule has 3 nitrogen and oxygen atoms in total. The Morgan fingerprint density at radius 2 is 1.92 bits per heavy atom. The predicted octanol–water partition coefficient (Wildman–Crippen LogP) is 0.943. The standard InChI is InChI=1S/C8H11N3.Y/c1-5-4-11(8(9)10)7(3)6(5)2;/h1-3H3,(H2-,9,10);/q-2;. The number of nitrogens with two attached hydrogens (primary N) is 1. The maximum atomic E-state index is 8.97. The van der Waals surface area contributed by atoms with Gasteiger partial charge in [-0.05, 0) is 0 Å². The van der Waals surface area contributed by atoms with Crippen molar-refractivity contribution in [3.05, 3.63) is 28.4 Å². The topological polar surface area (TPSA) is 53.2 Å². The van der Waals surface area contributed by atoms with Gasteiger partial charge in [0.05, 0.1) is 0 Å². The molecule has 1 radical (unpaired) electrons. The summed E-state index contributed by atoms with van der Waals surface area (Å²) >= 11 is 0. The van der Waals surface area contributed by atoms with Gasteiger partial charge in [0, 0.05) is 32.7 Å². The summed E-state index contributed by atoms with van der Waals surface area (Å²) in [6, 6.07) is 0. The summed E-state index contributed by atoms with van der Waals surface area (Å²) in [6.45, 7) is 5.80. The van der Waals surface area contributed by atoms with Crippen LogP contribution in [0.5, 0.6) is 0 Å². The normalized spacial score (nSPS) is 9.25. The van der Waals surface area contributed by atoms with Crippen LogP contribution >= 0.6 is 0 Å². The van der Waals surface area contributed by atoms with Gasteiger partial charge in [-0.2, -0.15) is 11.3 Å². The number of hydrogen-bond donors (Lipinski definition) is 1. The monoisotopic (exact) mass is 238 g/mol. The first kappa shape index (κ1) is 11.9. The van der Waals surface area contributed by atoms with E-state index in [0.717, 1.165) is 16.8 Å². The number of nitrogens with zero attached hydrogens (tertiary/aromatic N) is 2. The molecule has 1 aromatic rings. The molecular formula is C8H11N3Y-2. The Labute approximate surface area is 97.7 Å². The second-order valence-corrected chi connectivity index (χ2v) is 2.64. The van der Waals surface area contributed by atoms with Crippen LogP contribution in [0.4, 0.5) is 0 Å². The Morgan fingerprint density at radius 1 is 1.42 bits per heavy atom. The third-order valence-electron chi connectivity index (χ3n) is 1.95. The minimum absolute atomic E-state index is 0. The molecule has 0 saturated heterocycles. The zero-order valence-corrected chi connectivity index (χ0v) is 10.4. The molecule has 12 heavy (non-hydrogen) atoms. The summed E-state index contributed by atoms with van der Waals surface area (Å²) in [5, 5.41) is 8.97. The zero-order valence-electron chi connectivity index (χ0n) is 7.55. The largest absolute Gasteiger partial charge is 0.507 e. The van der Waals surface area contributed by atoms with Crippen molar-refractivity contribution in [3.63, 3.8) is 0 Å². The first-order chi connectivity index (χ1) is 5.04. The fraction of sp³-hybridized carbons (Fsp3) is 0.375. The van der Waals surface area contributed by atoms with Crippen LogP contribution in [0.1, 0.15) is 16.8 Å². The van der Waals surface area contributed by atoms with Gasteiger partial charge in [0.1, 0.15) is 0 Å². The van der Waals surface area contributed by atoms with E-state index in [2.05, 4.69) is 6.20 Å². The molecule has 0 spiro atoms. The summed E-state index contributed by atoms with van der Waals surface area (Å²) in [6.07, 6.45) is 2.92. The van der Waals surface area contributed by atoms with Gasteiger partial charge in [0.15, 0.2) is 0 Å². The summed E-state index contributed by atoms with van der Waals surface area (Å²) < 4.78 is 1.45.